The summed E-state index contributed by atoms with van der Waals surface area (Å²) in [6.45, 7) is 0.177. The van der Waals surface area contributed by atoms with Crippen molar-refractivity contribution in [2.45, 2.75) is 6.42 Å². The minimum atomic E-state index is -0.611. The first-order chi connectivity index (χ1) is 14.6. The molecule has 0 saturated carbocycles. The molecular formula is C20H20N6O4. The van der Waals surface area contributed by atoms with E-state index in [2.05, 4.69) is 26.1 Å². The number of anilines is 2. The first-order valence-corrected chi connectivity index (χ1v) is 9.13. The summed E-state index contributed by atoms with van der Waals surface area (Å²) in [6.07, 6.45) is 1.84. The predicted octanol–water partition coefficient (Wildman–Crippen LogP) is 2.56. The Morgan fingerprint density at radius 2 is 1.67 bits per heavy atom. The van der Waals surface area contributed by atoms with Gasteiger partial charge in [-0.15, -0.1) is 0 Å². The zero-order valence-electron chi connectivity index (χ0n) is 15.9. The molecule has 0 atom stereocenters. The van der Waals surface area contributed by atoms with Gasteiger partial charge in [-0.2, -0.15) is 0 Å². The van der Waals surface area contributed by atoms with E-state index in [4.69, 9.17) is 4.74 Å². The average Bonchev–Trinajstić information content (AvgIpc) is 2.77. The van der Waals surface area contributed by atoms with Crippen molar-refractivity contribution in [3.05, 3.63) is 82.7 Å². The van der Waals surface area contributed by atoms with Gasteiger partial charge < -0.3 is 10.1 Å². The molecule has 0 saturated heterocycles. The summed E-state index contributed by atoms with van der Waals surface area (Å²) in [6, 6.07) is 18.5. The van der Waals surface area contributed by atoms with Crippen LogP contribution in [0.3, 0.4) is 0 Å². The number of carbonyl (C=O) groups excluding carboxylic acids is 1. The van der Waals surface area contributed by atoms with Gasteiger partial charge in [0.1, 0.15) is 12.1 Å². The lowest BCUT2D eigenvalue weighted by Crippen LogP contribution is -2.34. The highest BCUT2D eigenvalue weighted by Gasteiger charge is 2.23. The Balaban J connectivity index is 1.58. The molecule has 0 unspecified atom stereocenters. The van der Waals surface area contributed by atoms with E-state index in [9.17, 15) is 14.9 Å². The fourth-order valence-electron chi connectivity index (χ4n) is 2.57. The van der Waals surface area contributed by atoms with Crippen LogP contribution in [0.15, 0.2) is 67.0 Å². The second-order valence-corrected chi connectivity index (χ2v) is 6.11. The van der Waals surface area contributed by atoms with Gasteiger partial charge >= 0.3 is 5.69 Å². The molecule has 3 aromatic rings. The van der Waals surface area contributed by atoms with Gasteiger partial charge in [-0.25, -0.2) is 9.97 Å². The van der Waals surface area contributed by atoms with E-state index < -0.39 is 10.8 Å². The third-order valence-electron chi connectivity index (χ3n) is 3.99. The van der Waals surface area contributed by atoms with Crippen LogP contribution in [0.25, 0.3) is 0 Å². The van der Waals surface area contributed by atoms with E-state index in [1.54, 1.807) is 24.3 Å². The lowest BCUT2D eigenvalue weighted by atomic mass is 10.1. The number of hydrogen-bond acceptors (Lipinski definition) is 8. The maximum atomic E-state index is 12.0. The number of nitro groups is 1. The molecule has 3 N–H and O–H groups in total. The van der Waals surface area contributed by atoms with Gasteiger partial charge in [0.25, 0.3) is 5.91 Å². The maximum Gasteiger partial charge on any atom is 0.354 e. The number of para-hydroxylation sites is 1. The van der Waals surface area contributed by atoms with Crippen LogP contribution < -0.4 is 20.9 Å². The van der Waals surface area contributed by atoms with Crippen LogP contribution in [-0.2, 0) is 11.2 Å². The van der Waals surface area contributed by atoms with E-state index in [1.165, 1.54) is 6.33 Å². The number of nitrogens with one attached hydrogen (secondary N) is 3. The molecule has 0 aliphatic heterocycles. The zero-order chi connectivity index (χ0) is 21.2. The standard InChI is InChI=1S/C20H20N6O4/c27-17(13-30-16-9-5-2-6-10-16)24-25-20-18(26(28)29)19(22-14-23-20)21-12-11-15-7-3-1-4-8-15/h1-10,14H,11-13H2,(H,24,27)(H2,21,22,23,25). The molecule has 1 aromatic heterocycles. The quantitative estimate of drug-likeness (QED) is 0.345. The van der Waals surface area contributed by atoms with Crippen molar-refractivity contribution in [1.82, 2.24) is 15.4 Å². The highest BCUT2D eigenvalue weighted by atomic mass is 16.6. The summed E-state index contributed by atoms with van der Waals surface area (Å²) in [4.78, 5) is 30.7. The van der Waals surface area contributed by atoms with E-state index in [0.29, 0.717) is 18.7 Å². The summed E-state index contributed by atoms with van der Waals surface area (Å²) < 4.78 is 5.32. The van der Waals surface area contributed by atoms with Gasteiger partial charge in [-0.1, -0.05) is 48.5 Å². The third-order valence-corrected chi connectivity index (χ3v) is 3.99. The molecule has 0 radical (unpaired) electrons. The largest absolute Gasteiger partial charge is 0.484 e. The number of rotatable bonds is 10. The van der Waals surface area contributed by atoms with Crippen molar-refractivity contribution < 1.29 is 14.5 Å². The normalized spacial score (nSPS) is 10.1. The fourth-order valence-corrected chi connectivity index (χ4v) is 2.57. The number of aromatic nitrogens is 2. The Labute approximate surface area is 172 Å². The Morgan fingerprint density at radius 3 is 2.37 bits per heavy atom. The molecule has 0 bridgehead atoms. The summed E-state index contributed by atoms with van der Waals surface area (Å²) in [7, 11) is 0. The van der Waals surface area contributed by atoms with Crippen LogP contribution in [0, 0.1) is 10.1 Å². The van der Waals surface area contributed by atoms with Gasteiger partial charge in [0.15, 0.2) is 6.61 Å². The smallest absolute Gasteiger partial charge is 0.354 e. The number of amides is 1. The van der Waals surface area contributed by atoms with E-state index in [-0.39, 0.29) is 23.9 Å². The van der Waals surface area contributed by atoms with E-state index >= 15 is 0 Å². The lowest BCUT2D eigenvalue weighted by molar-refractivity contribution is -0.383. The number of hydrazine groups is 1. The number of carbonyl (C=O) groups is 1. The van der Waals surface area contributed by atoms with Crippen molar-refractivity contribution in [2.24, 2.45) is 0 Å². The van der Waals surface area contributed by atoms with Crippen LogP contribution in [0.2, 0.25) is 0 Å². The van der Waals surface area contributed by atoms with Gasteiger partial charge in [-0.05, 0) is 24.1 Å². The fraction of sp³-hybridized carbons (Fsp3) is 0.150. The van der Waals surface area contributed by atoms with E-state index in [1.807, 2.05) is 36.4 Å². The average molecular weight is 408 g/mol. The highest BCUT2D eigenvalue weighted by molar-refractivity contribution is 5.80. The van der Waals surface area contributed by atoms with Crippen LogP contribution >= 0.6 is 0 Å². The minimum Gasteiger partial charge on any atom is -0.484 e. The summed E-state index contributed by atoms with van der Waals surface area (Å²) in [5, 5.41) is 14.5. The Kier molecular flexibility index (Phi) is 7.09. The molecule has 1 heterocycles. The highest BCUT2D eigenvalue weighted by Crippen LogP contribution is 2.28. The Morgan fingerprint density at radius 1 is 1.00 bits per heavy atom. The van der Waals surface area contributed by atoms with Crippen LogP contribution in [0.1, 0.15) is 5.56 Å². The summed E-state index contributed by atoms with van der Waals surface area (Å²) in [5.41, 5.74) is 5.53. The van der Waals surface area contributed by atoms with E-state index in [0.717, 1.165) is 5.56 Å². The topological polar surface area (TPSA) is 131 Å². The molecule has 1 amide bonds. The second-order valence-electron chi connectivity index (χ2n) is 6.11. The van der Waals surface area contributed by atoms with Crippen LogP contribution in [0.5, 0.6) is 5.75 Å². The van der Waals surface area contributed by atoms with Crippen molar-refractivity contribution in [3.8, 4) is 5.75 Å². The molecule has 0 spiro atoms. The number of ether oxygens (including phenoxy) is 1. The molecule has 30 heavy (non-hydrogen) atoms. The number of benzene rings is 2. The molecule has 0 aliphatic carbocycles. The molecule has 154 valence electrons. The van der Waals surface area contributed by atoms with Gasteiger partial charge in [0, 0.05) is 6.54 Å². The number of hydrogen-bond donors (Lipinski definition) is 3. The molecule has 0 aliphatic rings. The molecule has 2 aromatic carbocycles. The Hall–Kier alpha value is -4.21. The number of nitrogens with zero attached hydrogens (tertiary/aromatic N) is 3. The molecular weight excluding hydrogens is 388 g/mol. The zero-order valence-corrected chi connectivity index (χ0v) is 15.9. The summed E-state index contributed by atoms with van der Waals surface area (Å²) >= 11 is 0. The van der Waals surface area contributed by atoms with Crippen molar-refractivity contribution >= 4 is 23.2 Å². The van der Waals surface area contributed by atoms with Crippen LogP contribution in [-0.4, -0.2) is 34.0 Å². The molecule has 3 rings (SSSR count). The minimum absolute atomic E-state index is 0.0585. The SMILES string of the molecule is O=C(COc1ccccc1)NNc1ncnc(NCCc2ccccc2)c1[N+](=O)[O-]. The van der Waals surface area contributed by atoms with Crippen molar-refractivity contribution in [1.29, 1.82) is 0 Å². The summed E-state index contributed by atoms with van der Waals surface area (Å²) in [5.74, 6) is -0.0654. The van der Waals surface area contributed by atoms with Crippen LogP contribution in [0.4, 0.5) is 17.3 Å². The molecule has 10 nitrogen and oxygen atoms in total. The Bertz CT molecular complexity index is 985. The molecule has 10 heteroatoms. The lowest BCUT2D eigenvalue weighted by Gasteiger charge is -2.11. The molecule has 0 fully saturated rings. The first-order valence-electron chi connectivity index (χ1n) is 9.13. The maximum absolute atomic E-state index is 12.0. The predicted molar refractivity (Wildman–Crippen MR) is 111 cm³/mol. The second kappa shape index (κ2) is 10.4. The van der Waals surface area contributed by atoms with Crippen molar-refractivity contribution in [2.75, 3.05) is 23.9 Å². The van der Waals surface area contributed by atoms with Crippen molar-refractivity contribution in [3.63, 3.8) is 0 Å². The van der Waals surface area contributed by atoms with Gasteiger partial charge in [0.05, 0.1) is 4.92 Å². The first kappa shape index (κ1) is 20.5. The monoisotopic (exact) mass is 408 g/mol. The third kappa shape index (κ3) is 5.89. The van der Waals surface area contributed by atoms with Gasteiger partial charge in [-0.3, -0.25) is 25.8 Å². The van der Waals surface area contributed by atoms with Gasteiger partial charge in [0.2, 0.25) is 11.6 Å².